The molecule has 1 aliphatic heterocycles. The molecule has 1 aliphatic rings. The Kier molecular flexibility index (Phi) is 5.27. The van der Waals surface area contributed by atoms with Gasteiger partial charge in [0.2, 0.25) is 5.95 Å². The minimum absolute atomic E-state index is 0.576. The predicted molar refractivity (Wildman–Crippen MR) is 141 cm³/mol. The summed E-state index contributed by atoms with van der Waals surface area (Å²) >= 11 is 1.63. The van der Waals surface area contributed by atoms with E-state index in [4.69, 9.17) is 9.97 Å². The number of anilines is 5. The highest BCUT2D eigenvalue weighted by molar-refractivity contribution is 7.17. The zero-order valence-corrected chi connectivity index (χ0v) is 20.0. The number of H-pyrrole nitrogens is 1. The monoisotopic (exact) mass is 470 g/mol. The van der Waals surface area contributed by atoms with Crippen molar-refractivity contribution >= 4 is 61.3 Å². The van der Waals surface area contributed by atoms with Gasteiger partial charge in [0.05, 0.1) is 17.1 Å². The highest BCUT2D eigenvalue weighted by Crippen LogP contribution is 2.33. The molecule has 5 aromatic rings. The SMILES string of the molecule is Cc1csc2nc(Nc3ccc(N4CCN(C)CC4)cc3)nc(Nc3ccc4cn[nH]c4c3)c12. The lowest BCUT2D eigenvalue weighted by Gasteiger charge is -2.34. The predicted octanol–water partition coefficient (Wildman–Crippen LogP) is 5.12. The summed E-state index contributed by atoms with van der Waals surface area (Å²) < 4.78 is 0. The average Bonchev–Trinajstić information content (AvgIpc) is 3.46. The van der Waals surface area contributed by atoms with Gasteiger partial charge in [-0.1, -0.05) is 0 Å². The van der Waals surface area contributed by atoms with Crippen molar-refractivity contribution in [2.24, 2.45) is 0 Å². The maximum absolute atomic E-state index is 4.84. The number of rotatable bonds is 5. The van der Waals surface area contributed by atoms with Gasteiger partial charge in [0, 0.05) is 48.6 Å². The molecule has 34 heavy (non-hydrogen) atoms. The van der Waals surface area contributed by atoms with Gasteiger partial charge in [0.25, 0.3) is 0 Å². The molecule has 0 spiro atoms. The molecule has 0 amide bonds. The van der Waals surface area contributed by atoms with Crippen LogP contribution in [0.4, 0.5) is 28.8 Å². The van der Waals surface area contributed by atoms with Crippen LogP contribution in [0.1, 0.15) is 5.56 Å². The lowest BCUT2D eigenvalue weighted by Crippen LogP contribution is -2.44. The van der Waals surface area contributed by atoms with Gasteiger partial charge in [0.1, 0.15) is 10.6 Å². The van der Waals surface area contributed by atoms with Gasteiger partial charge in [-0.2, -0.15) is 10.1 Å². The van der Waals surface area contributed by atoms with E-state index in [0.29, 0.717) is 5.95 Å². The van der Waals surface area contributed by atoms with Crippen molar-refractivity contribution in [3.8, 4) is 0 Å². The molecule has 0 atom stereocenters. The summed E-state index contributed by atoms with van der Waals surface area (Å²) in [4.78, 5) is 15.4. The molecule has 3 N–H and O–H groups in total. The van der Waals surface area contributed by atoms with E-state index in [9.17, 15) is 0 Å². The first-order valence-corrected chi connectivity index (χ1v) is 12.3. The van der Waals surface area contributed by atoms with Crippen molar-refractivity contribution in [2.75, 3.05) is 48.8 Å². The van der Waals surface area contributed by atoms with E-state index in [2.05, 4.69) is 74.2 Å². The molecule has 0 radical (unpaired) electrons. The van der Waals surface area contributed by atoms with Gasteiger partial charge in [0.15, 0.2) is 0 Å². The second kappa shape index (κ2) is 8.58. The molecule has 0 aliphatic carbocycles. The molecular formula is C25H26N8S. The summed E-state index contributed by atoms with van der Waals surface area (Å²) in [5.41, 5.74) is 5.31. The fourth-order valence-electron chi connectivity index (χ4n) is 4.33. The average molecular weight is 471 g/mol. The van der Waals surface area contributed by atoms with Crippen molar-refractivity contribution in [1.29, 1.82) is 0 Å². The molecule has 1 saturated heterocycles. The third-order valence-corrected chi connectivity index (χ3v) is 7.30. The Morgan fingerprint density at radius 1 is 0.941 bits per heavy atom. The Bertz CT molecular complexity index is 1450. The van der Waals surface area contributed by atoms with Crippen molar-refractivity contribution in [3.63, 3.8) is 0 Å². The summed E-state index contributed by atoms with van der Waals surface area (Å²) in [6.07, 6.45) is 1.82. The van der Waals surface area contributed by atoms with Gasteiger partial charge in [-0.25, -0.2) is 4.98 Å². The van der Waals surface area contributed by atoms with Crippen molar-refractivity contribution in [1.82, 2.24) is 25.1 Å². The first-order valence-electron chi connectivity index (χ1n) is 11.4. The largest absolute Gasteiger partial charge is 0.369 e. The minimum Gasteiger partial charge on any atom is -0.369 e. The molecule has 1 fully saturated rings. The van der Waals surface area contributed by atoms with E-state index in [0.717, 1.165) is 70.1 Å². The number of hydrogen-bond donors (Lipinski definition) is 3. The summed E-state index contributed by atoms with van der Waals surface area (Å²) in [5.74, 6) is 1.37. The van der Waals surface area contributed by atoms with Crippen LogP contribution in [0.25, 0.3) is 21.1 Å². The molecule has 6 rings (SSSR count). The lowest BCUT2D eigenvalue weighted by atomic mass is 10.2. The number of nitrogens with one attached hydrogen (secondary N) is 3. The maximum Gasteiger partial charge on any atom is 0.230 e. The zero-order chi connectivity index (χ0) is 23.1. The number of aromatic nitrogens is 4. The Morgan fingerprint density at radius 3 is 2.56 bits per heavy atom. The molecule has 0 bridgehead atoms. The van der Waals surface area contributed by atoms with E-state index in [1.54, 1.807) is 11.3 Å². The lowest BCUT2D eigenvalue weighted by molar-refractivity contribution is 0.313. The van der Waals surface area contributed by atoms with E-state index < -0.39 is 0 Å². The summed E-state index contributed by atoms with van der Waals surface area (Å²) in [5, 5.41) is 18.3. The fourth-order valence-corrected chi connectivity index (χ4v) is 5.25. The van der Waals surface area contributed by atoms with Gasteiger partial charge in [-0.3, -0.25) is 5.10 Å². The van der Waals surface area contributed by atoms with Crippen molar-refractivity contribution < 1.29 is 0 Å². The van der Waals surface area contributed by atoms with E-state index in [1.807, 2.05) is 24.4 Å². The number of thiophene rings is 1. The second-order valence-electron chi connectivity index (χ2n) is 8.75. The number of hydrogen-bond acceptors (Lipinski definition) is 8. The van der Waals surface area contributed by atoms with Crippen LogP contribution in [0, 0.1) is 6.92 Å². The third kappa shape index (κ3) is 4.04. The van der Waals surface area contributed by atoms with Gasteiger partial charge >= 0.3 is 0 Å². The fraction of sp³-hybridized carbons (Fsp3) is 0.240. The van der Waals surface area contributed by atoms with Gasteiger partial charge < -0.3 is 20.4 Å². The number of fused-ring (bicyclic) bond motifs is 2. The standard InChI is InChI=1S/C25H26N8S/c1-16-15-34-24-22(16)23(27-19-4-3-17-14-26-31-21(17)13-19)29-25(30-24)28-18-5-7-20(8-6-18)33-11-9-32(2)10-12-33/h3-8,13-15H,9-12H2,1-2H3,(H,26,31)(H2,27,28,29,30). The molecule has 4 heterocycles. The quantitative estimate of drug-likeness (QED) is 0.329. The number of benzene rings is 2. The number of piperazine rings is 1. The smallest absolute Gasteiger partial charge is 0.230 e. The van der Waals surface area contributed by atoms with Gasteiger partial charge in [-0.15, -0.1) is 11.3 Å². The van der Waals surface area contributed by atoms with Crippen LogP contribution in [0.5, 0.6) is 0 Å². The van der Waals surface area contributed by atoms with E-state index in [-0.39, 0.29) is 0 Å². The molecule has 2 aromatic carbocycles. The van der Waals surface area contributed by atoms with Gasteiger partial charge in [-0.05, 0) is 67.4 Å². The normalized spacial score (nSPS) is 14.7. The van der Waals surface area contributed by atoms with E-state index >= 15 is 0 Å². The zero-order valence-electron chi connectivity index (χ0n) is 19.2. The summed E-state index contributed by atoms with van der Waals surface area (Å²) in [6.45, 7) is 6.39. The highest BCUT2D eigenvalue weighted by Gasteiger charge is 2.15. The third-order valence-electron chi connectivity index (χ3n) is 6.31. The van der Waals surface area contributed by atoms with Crippen molar-refractivity contribution in [3.05, 3.63) is 59.6 Å². The van der Waals surface area contributed by atoms with Crippen LogP contribution in [-0.2, 0) is 0 Å². The highest BCUT2D eigenvalue weighted by atomic mass is 32.1. The minimum atomic E-state index is 0.576. The first kappa shape index (κ1) is 20.9. The molecule has 9 heteroatoms. The summed E-state index contributed by atoms with van der Waals surface area (Å²) in [6, 6.07) is 14.7. The van der Waals surface area contributed by atoms with Crippen molar-refractivity contribution in [2.45, 2.75) is 6.92 Å². The number of aromatic amines is 1. The Labute approximate surface area is 201 Å². The number of likely N-dealkylation sites (N-methyl/N-ethyl adjacent to an activating group) is 1. The van der Waals surface area contributed by atoms with Crippen LogP contribution in [0.2, 0.25) is 0 Å². The van der Waals surface area contributed by atoms with Crippen LogP contribution < -0.4 is 15.5 Å². The number of nitrogens with zero attached hydrogens (tertiary/aromatic N) is 5. The molecule has 3 aromatic heterocycles. The number of aryl methyl sites for hydroxylation is 1. The second-order valence-corrected chi connectivity index (χ2v) is 9.61. The first-order chi connectivity index (χ1) is 16.6. The molecular weight excluding hydrogens is 444 g/mol. The maximum atomic E-state index is 4.84. The molecule has 0 saturated carbocycles. The van der Waals surface area contributed by atoms with Crippen LogP contribution in [0.15, 0.2) is 54.0 Å². The van der Waals surface area contributed by atoms with Crippen LogP contribution >= 0.6 is 11.3 Å². The summed E-state index contributed by atoms with van der Waals surface area (Å²) in [7, 11) is 2.18. The molecule has 8 nitrogen and oxygen atoms in total. The Balaban J connectivity index is 1.27. The Morgan fingerprint density at radius 2 is 1.74 bits per heavy atom. The van der Waals surface area contributed by atoms with Crippen LogP contribution in [-0.4, -0.2) is 58.3 Å². The molecule has 172 valence electrons. The van der Waals surface area contributed by atoms with Crippen LogP contribution in [0.3, 0.4) is 0 Å². The topological polar surface area (TPSA) is 85.0 Å². The van der Waals surface area contributed by atoms with E-state index in [1.165, 1.54) is 5.69 Å². The Hall–Kier alpha value is -3.69. The molecule has 0 unspecified atom stereocenters.